The lowest BCUT2D eigenvalue weighted by molar-refractivity contribution is -0.126. The first-order valence-corrected chi connectivity index (χ1v) is 8.81. The maximum Gasteiger partial charge on any atom is 0.237 e. The largest absolute Gasteiger partial charge is 0.355 e. The summed E-state index contributed by atoms with van der Waals surface area (Å²) in [7, 11) is 0. The summed E-state index contributed by atoms with van der Waals surface area (Å²) >= 11 is 0. The van der Waals surface area contributed by atoms with Crippen LogP contribution in [0.4, 0.5) is 0 Å². The van der Waals surface area contributed by atoms with Gasteiger partial charge in [0.05, 0.1) is 6.04 Å². The van der Waals surface area contributed by atoms with Gasteiger partial charge in [0.2, 0.25) is 5.91 Å². The van der Waals surface area contributed by atoms with E-state index < -0.39 is 0 Å². The Morgan fingerprint density at radius 2 is 1.81 bits per heavy atom. The Hall–Kier alpha value is -0.610. The van der Waals surface area contributed by atoms with Crippen molar-refractivity contribution in [2.75, 3.05) is 26.2 Å². The standard InChI is InChI=1S/C17H33N3O/c1-13(2)6-9-18-17(21)14(3)20-10-7-15(8-11-20)12-19-16-4-5-16/h13-16,19H,4-12H2,1-3H3,(H,18,21). The summed E-state index contributed by atoms with van der Waals surface area (Å²) < 4.78 is 0. The van der Waals surface area contributed by atoms with E-state index in [4.69, 9.17) is 0 Å². The molecule has 1 aliphatic carbocycles. The minimum atomic E-state index is 0.0227. The molecule has 1 saturated carbocycles. The van der Waals surface area contributed by atoms with Gasteiger partial charge in [0.25, 0.3) is 0 Å². The van der Waals surface area contributed by atoms with E-state index in [-0.39, 0.29) is 11.9 Å². The van der Waals surface area contributed by atoms with Crippen molar-refractivity contribution in [1.82, 2.24) is 15.5 Å². The average Bonchev–Trinajstić information content (AvgIpc) is 3.28. The first-order chi connectivity index (χ1) is 10.1. The molecule has 0 radical (unpaired) electrons. The van der Waals surface area contributed by atoms with Crippen LogP contribution in [0.5, 0.6) is 0 Å². The van der Waals surface area contributed by atoms with Crippen LogP contribution in [0.1, 0.15) is 52.9 Å². The van der Waals surface area contributed by atoms with E-state index in [1.165, 1.54) is 32.2 Å². The molecule has 1 amide bonds. The number of nitrogens with one attached hydrogen (secondary N) is 2. The predicted octanol–water partition coefficient (Wildman–Crippen LogP) is 2.00. The van der Waals surface area contributed by atoms with E-state index in [0.29, 0.717) is 5.92 Å². The van der Waals surface area contributed by atoms with Crippen LogP contribution in [-0.4, -0.2) is 49.1 Å². The van der Waals surface area contributed by atoms with Crippen LogP contribution in [0.3, 0.4) is 0 Å². The SMILES string of the molecule is CC(C)CCNC(=O)C(C)N1CCC(CNC2CC2)CC1. The molecule has 1 heterocycles. The van der Waals surface area contributed by atoms with Crippen molar-refractivity contribution in [2.24, 2.45) is 11.8 Å². The molecule has 2 N–H and O–H groups in total. The summed E-state index contributed by atoms with van der Waals surface area (Å²) in [6, 6.07) is 0.836. The Bertz CT molecular complexity index is 320. The van der Waals surface area contributed by atoms with Crippen molar-refractivity contribution in [2.45, 2.75) is 65.0 Å². The summed E-state index contributed by atoms with van der Waals surface area (Å²) in [5.41, 5.74) is 0. The van der Waals surface area contributed by atoms with Crippen LogP contribution in [0.25, 0.3) is 0 Å². The lowest BCUT2D eigenvalue weighted by atomic mass is 9.95. The topological polar surface area (TPSA) is 44.4 Å². The van der Waals surface area contributed by atoms with Gasteiger partial charge in [-0.3, -0.25) is 9.69 Å². The third-order valence-corrected chi connectivity index (χ3v) is 4.87. The van der Waals surface area contributed by atoms with Gasteiger partial charge in [-0.05, 0) is 70.5 Å². The highest BCUT2D eigenvalue weighted by Crippen LogP contribution is 2.22. The number of nitrogens with zero attached hydrogens (tertiary/aromatic N) is 1. The second kappa shape index (κ2) is 8.14. The molecule has 2 aliphatic rings. The molecule has 122 valence electrons. The summed E-state index contributed by atoms with van der Waals surface area (Å²) in [6.45, 7) is 10.5. The highest BCUT2D eigenvalue weighted by Gasteiger charge is 2.28. The minimum Gasteiger partial charge on any atom is -0.355 e. The number of likely N-dealkylation sites (tertiary alicyclic amines) is 1. The summed E-state index contributed by atoms with van der Waals surface area (Å²) in [5.74, 6) is 1.65. The fourth-order valence-electron chi connectivity index (χ4n) is 2.96. The van der Waals surface area contributed by atoms with Crippen LogP contribution >= 0.6 is 0 Å². The molecule has 0 aromatic rings. The van der Waals surface area contributed by atoms with Crippen LogP contribution < -0.4 is 10.6 Å². The van der Waals surface area contributed by atoms with Gasteiger partial charge in [-0.2, -0.15) is 0 Å². The third-order valence-electron chi connectivity index (χ3n) is 4.87. The molecule has 0 aromatic carbocycles. The van der Waals surface area contributed by atoms with E-state index in [9.17, 15) is 4.79 Å². The summed E-state index contributed by atoms with van der Waals surface area (Å²) in [6.07, 6.45) is 6.25. The van der Waals surface area contributed by atoms with Gasteiger partial charge in [0.15, 0.2) is 0 Å². The van der Waals surface area contributed by atoms with E-state index in [1.807, 2.05) is 6.92 Å². The molecule has 0 bridgehead atoms. The number of carbonyl (C=O) groups excluding carboxylic acids is 1. The Balaban J connectivity index is 1.61. The first-order valence-electron chi connectivity index (χ1n) is 8.81. The fraction of sp³-hybridized carbons (Fsp3) is 0.941. The molecule has 1 atom stereocenters. The molecule has 2 fully saturated rings. The molecular weight excluding hydrogens is 262 g/mol. The van der Waals surface area contributed by atoms with Gasteiger partial charge in [-0.25, -0.2) is 0 Å². The molecule has 4 nitrogen and oxygen atoms in total. The van der Waals surface area contributed by atoms with Crippen LogP contribution in [-0.2, 0) is 4.79 Å². The molecule has 21 heavy (non-hydrogen) atoms. The molecule has 0 spiro atoms. The molecule has 1 unspecified atom stereocenters. The maximum absolute atomic E-state index is 12.2. The Morgan fingerprint density at radius 3 is 2.38 bits per heavy atom. The maximum atomic E-state index is 12.2. The van der Waals surface area contributed by atoms with Crippen LogP contribution in [0, 0.1) is 11.8 Å². The smallest absolute Gasteiger partial charge is 0.237 e. The van der Waals surface area contributed by atoms with Crippen molar-refractivity contribution in [3.8, 4) is 0 Å². The van der Waals surface area contributed by atoms with Gasteiger partial charge in [-0.1, -0.05) is 13.8 Å². The summed E-state index contributed by atoms with van der Waals surface area (Å²) in [4.78, 5) is 14.5. The summed E-state index contributed by atoms with van der Waals surface area (Å²) in [5, 5.41) is 6.71. The number of amides is 1. The normalized spacial score (nSPS) is 22.5. The van der Waals surface area contributed by atoms with Crippen molar-refractivity contribution < 1.29 is 4.79 Å². The second-order valence-electron chi connectivity index (χ2n) is 7.31. The van der Waals surface area contributed by atoms with Gasteiger partial charge < -0.3 is 10.6 Å². The van der Waals surface area contributed by atoms with Gasteiger partial charge in [0.1, 0.15) is 0 Å². The van der Waals surface area contributed by atoms with E-state index in [2.05, 4.69) is 29.4 Å². The van der Waals surface area contributed by atoms with Gasteiger partial charge in [0, 0.05) is 12.6 Å². The first kappa shape index (κ1) is 16.8. The fourth-order valence-corrected chi connectivity index (χ4v) is 2.96. The molecule has 0 aromatic heterocycles. The molecular formula is C17H33N3O. The molecule has 2 rings (SSSR count). The lowest BCUT2D eigenvalue weighted by Crippen LogP contribution is -2.49. The van der Waals surface area contributed by atoms with Crippen molar-refractivity contribution >= 4 is 5.91 Å². The predicted molar refractivity (Wildman–Crippen MR) is 87.2 cm³/mol. The molecule has 4 heteroatoms. The number of hydrogen-bond acceptors (Lipinski definition) is 3. The van der Waals surface area contributed by atoms with Gasteiger partial charge in [-0.15, -0.1) is 0 Å². The average molecular weight is 295 g/mol. The van der Waals surface area contributed by atoms with E-state index >= 15 is 0 Å². The molecule has 1 saturated heterocycles. The molecule has 1 aliphatic heterocycles. The van der Waals surface area contributed by atoms with Crippen molar-refractivity contribution in [3.63, 3.8) is 0 Å². The quantitative estimate of drug-likeness (QED) is 0.720. The van der Waals surface area contributed by atoms with Gasteiger partial charge >= 0.3 is 0 Å². The van der Waals surface area contributed by atoms with Crippen molar-refractivity contribution in [3.05, 3.63) is 0 Å². The van der Waals surface area contributed by atoms with E-state index in [1.54, 1.807) is 0 Å². The number of carbonyl (C=O) groups is 1. The zero-order valence-corrected chi connectivity index (χ0v) is 14.0. The monoisotopic (exact) mass is 295 g/mol. The third kappa shape index (κ3) is 5.95. The lowest BCUT2D eigenvalue weighted by Gasteiger charge is -2.35. The zero-order valence-electron chi connectivity index (χ0n) is 14.0. The highest BCUT2D eigenvalue weighted by atomic mass is 16.2. The second-order valence-corrected chi connectivity index (χ2v) is 7.31. The Labute approximate surface area is 130 Å². The van der Waals surface area contributed by atoms with Crippen molar-refractivity contribution in [1.29, 1.82) is 0 Å². The van der Waals surface area contributed by atoms with Crippen LogP contribution in [0.15, 0.2) is 0 Å². The minimum absolute atomic E-state index is 0.0227. The highest BCUT2D eigenvalue weighted by molar-refractivity contribution is 5.81. The zero-order chi connectivity index (χ0) is 15.2. The van der Waals surface area contributed by atoms with Crippen LogP contribution in [0.2, 0.25) is 0 Å². The number of rotatable bonds is 8. The van der Waals surface area contributed by atoms with E-state index in [0.717, 1.165) is 38.0 Å². The number of piperidine rings is 1. The Kier molecular flexibility index (Phi) is 6.49. The number of hydrogen-bond donors (Lipinski definition) is 2. The Morgan fingerprint density at radius 1 is 1.14 bits per heavy atom.